The molecular formula is C14H18N2O6S. The van der Waals surface area contributed by atoms with Crippen molar-refractivity contribution < 1.29 is 27.9 Å². The van der Waals surface area contributed by atoms with Gasteiger partial charge in [-0.15, -0.1) is 0 Å². The number of nitrogens with one attached hydrogen (secondary N) is 2. The van der Waals surface area contributed by atoms with E-state index in [1.807, 2.05) is 0 Å². The van der Waals surface area contributed by atoms with Gasteiger partial charge in [-0.3, -0.25) is 14.4 Å². The Balaban J connectivity index is 2.57. The van der Waals surface area contributed by atoms with Crippen molar-refractivity contribution in [1.82, 2.24) is 10.0 Å². The van der Waals surface area contributed by atoms with Crippen LogP contribution < -0.4 is 10.0 Å². The van der Waals surface area contributed by atoms with E-state index in [1.54, 1.807) is 0 Å². The molecule has 0 bridgehead atoms. The van der Waals surface area contributed by atoms with E-state index < -0.39 is 27.9 Å². The van der Waals surface area contributed by atoms with E-state index >= 15 is 0 Å². The molecule has 1 aromatic rings. The third kappa shape index (κ3) is 5.80. The lowest BCUT2D eigenvalue weighted by Gasteiger charge is -2.10. The lowest BCUT2D eigenvalue weighted by molar-refractivity contribution is -0.141. The smallest absolute Gasteiger partial charge is 0.325 e. The molecule has 0 fully saturated rings. The zero-order valence-corrected chi connectivity index (χ0v) is 13.5. The molecule has 0 heterocycles. The quantitative estimate of drug-likeness (QED) is 0.577. The zero-order chi connectivity index (χ0) is 17.6. The summed E-state index contributed by atoms with van der Waals surface area (Å²) < 4.78 is 26.2. The van der Waals surface area contributed by atoms with Crippen molar-refractivity contribution in [2.45, 2.75) is 31.2 Å². The van der Waals surface area contributed by atoms with Crippen molar-refractivity contribution in [2.24, 2.45) is 0 Å². The molecule has 3 N–H and O–H groups in total. The number of hydrogen-bond acceptors (Lipinski definition) is 5. The summed E-state index contributed by atoms with van der Waals surface area (Å²) in [5, 5.41) is 10.9. The largest absolute Gasteiger partial charge is 0.480 e. The molecule has 8 nitrogen and oxygen atoms in total. The van der Waals surface area contributed by atoms with Crippen LogP contribution in [0.5, 0.6) is 0 Å². The highest BCUT2D eigenvalue weighted by Crippen LogP contribution is 2.10. The van der Waals surface area contributed by atoms with Gasteiger partial charge in [0.1, 0.15) is 6.04 Å². The van der Waals surface area contributed by atoms with Gasteiger partial charge in [0.2, 0.25) is 15.9 Å². The van der Waals surface area contributed by atoms with Crippen molar-refractivity contribution in [2.75, 3.05) is 6.54 Å². The summed E-state index contributed by atoms with van der Waals surface area (Å²) in [6.45, 7) is 2.51. The summed E-state index contributed by atoms with van der Waals surface area (Å²) in [7, 11) is -3.80. The van der Waals surface area contributed by atoms with Crippen LogP contribution in [0.1, 0.15) is 30.6 Å². The van der Waals surface area contributed by atoms with Gasteiger partial charge in [0.15, 0.2) is 5.78 Å². The lowest BCUT2D eigenvalue weighted by atomic mass is 10.2. The molecule has 9 heteroatoms. The fraction of sp³-hybridized carbons (Fsp3) is 0.357. The SMILES string of the molecule is CC(=O)c1ccc(S(=O)(=O)NCCC(=O)N[C@@H](C)C(=O)O)cc1. The Morgan fingerprint density at radius 3 is 2.22 bits per heavy atom. The maximum absolute atomic E-state index is 12.0. The zero-order valence-electron chi connectivity index (χ0n) is 12.7. The Kier molecular flexibility index (Phi) is 6.40. The van der Waals surface area contributed by atoms with Crippen molar-refractivity contribution >= 4 is 27.7 Å². The number of benzene rings is 1. The third-order valence-electron chi connectivity index (χ3n) is 2.96. The van der Waals surface area contributed by atoms with Crippen molar-refractivity contribution in [3.05, 3.63) is 29.8 Å². The van der Waals surface area contributed by atoms with E-state index in [0.717, 1.165) is 0 Å². The van der Waals surface area contributed by atoms with Gasteiger partial charge < -0.3 is 10.4 Å². The molecule has 0 radical (unpaired) electrons. The molecule has 1 aromatic carbocycles. The highest BCUT2D eigenvalue weighted by Gasteiger charge is 2.16. The molecule has 0 saturated heterocycles. The lowest BCUT2D eigenvalue weighted by Crippen LogP contribution is -2.39. The van der Waals surface area contributed by atoms with E-state index in [-0.39, 0.29) is 23.6 Å². The van der Waals surface area contributed by atoms with Crippen LogP contribution in [-0.4, -0.2) is 43.8 Å². The minimum atomic E-state index is -3.80. The first-order valence-corrected chi connectivity index (χ1v) is 8.24. The van der Waals surface area contributed by atoms with Crippen molar-refractivity contribution in [1.29, 1.82) is 0 Å². The standard InChI is InChI=1S/C14H18N2O6S/c1-9(14(19)20)16-13(18)7-8-15-23(21,22)12-5-3-11(4-6-12)10(2)17/h3-6,9,15H,7-8H2,1-2H3,(H,16,18)(H,19,20)/t9-/m0/s1. The number of amides is 1. The maximum Gasteiger partial charge on any atom is 0.325 e. The monoisotopic (exact) mass is 342 g/mol. The highest BCUT2D eigenvalue weighted by atomic mass is 32.2. The van der Waals surface area contributed by atoms with E-state index in [4.69, 9.17) is 5.11 Å². The molecule has 0 aromatic heterocycles. The Labute approximate surface area is 133 Å². The minimum Gasteiger partial charge on any atom is -0.480 e. The first-order chi connectivity index (χ1) is 10.6. The van der Waals surface area contributed by atoms with Crippen LogP contribution in [0.4, 0.5) is 0 Å². The molecular weight excluding hydrogens is 324 g/mol. The van der Waals surface area contributed by atoms with Gasteiger partial charge in [0, 0.05) is 18.5 Å². The Morgan fingerprint density at radius 1 is 1.17 bits per heavy atom. The first-order valence-electron chi connectivity index (χ1n) is 6.76. The second-order valence-electron chi connectivity index (χ2n) is 4.86. The number of carboxylic acids is 1. The second kappa shape index (κ2) is 7.84. The molecule has 1 rings (SSSR count). The predicted molar refractivity (Wildman–Crippen MR) is 81.5 cm³/mol. The molecule has 1 amide bonds. The van der Waals surface area contributed by atoms with Gasteiger partial charge in [-0.25, -0.2) is 13.1 Å². The number of rotatable bonds is 8. The number of aliphatic carboxylic acids is 1. The molecule has 0 saturated carbocycles. The first kappa shape index (κ1) is 18.8. The fourth-order valence-corrected chi connectivity index (χ4v) is 2.66. The number of Topliss-reactive ketones (excluding diaryl/α,β-unsaturated/α-hetero) is 1. The number of carboxylic acid groups (broad SMARTS) is 1. The number of carbonyl (C=O) groups is 3. The van der Waals surface area contributed by atoms with E-state index in [2.05, 4.69) is 10.0 Å². The summed E-state index contributed by atoms with van der Waals surface area (Å²) >= 11 is 0. The van der Waals surface area contributed by atoms with Gasteiger partial charge >= 0.3 is 5.97 Å². The van der Waals surface area contributed by atoms with Crippen LogP contribution in [0.2, 0.25) is 0 Å². The van der Waals surface area contributed by atoms with Gasteiger partial charge in [-0.05, 0) is 26.0 Å². The average Bonchev–Trinajstić information content (AvgIpc) is 2.46. The summed E-state index contributed by atoms with van der Waals surface area (Å²) in [6.07, 6.45) is -0.192. The predicted octanol–water partition coefficient (Wildman–Crippen LogP) is 0.147. The molecule has 0 aliphatic carbocycles. The second-order valence-corrected chi connectivity index (χ2v) is 6.62. The van der Waals surface area contributed by atoms with Crippen molar-refractivity contribution in [3.63, 3.8) is 0 Å². The van der Waals surface area contributed by atoms with Gasteiger partial charge in [-0.2, -0.15) is 0 Å². The minimum absolute atomic E-state index is 0.0261. The molecule has 23 heavy (non-hydrogen) atoms. The van der Waals surface area contributed by atoms with Crippen LogP contribution in [-0.2, 0) is 19.6 Å². The maximum atomic E-state index is 12.0. The van der Waals surface area contributed by atoms with E-state index in [1.165, 1.54) is 38.1 Å². The number of hydrogen-bond donors (Lipinski definition) is 3. The van der Waals surface area contributed by atoms with E-state index in [9.17, 15) is 22.8 Å². The average molecular weight is 342 g/mol. The normalized spacial score (nSPS) is 12.4. The van der Waals surface area contributed by atoms with Crippen LogP contribution in [0.25, 0.3) is 0 Å². The van der Waals surface area contributed by atoms with Crippen LogP contribution in [0, 0.1) is 0 Å². The topological polar surface area (TPSA) is 130 Å². The summed E-state index contributed by atoms with van der Waals surface area (Å²) in [5.41, 5.74) is 0.394. The Bertz CT molecular complexity index is 696. The summed E-state index contributed by atoms with van der Waals surface area (Å²) in [5.74, 6) is -1.93. The fourth-order valence-electron chi connectivity index (χ4n) is 1.63. The van der Waals surface area contributed by atoms with Crippen molar-refractivity contribution in [3.8, 4) is 0 Å². The van der Waals surface area contributed by atoms with Crippen LogP contribution in [0.15, 0.2) is 29.2 Å². The molecule has 0 unspecified atom stereocenters. The van der Waals surface area contributed by atoms with Gasteiger partial charge in [0.25, 0.3) is 0 Å². The molecule has 126 valence electrons. The van der Waals surface area contributed by atoms with E-state index in [0.29, 0.717) is 5.56 Å². The van der Waals surface area contributed by atoms with Crippen LogP contribution >= 0.6 is 0 Å². The van der Waals surface area contributed by atoms with Crippen LogP contribution in [0.3, 0.4) is 0 Å². The molecule has 0 aliphatic rings. The summed E-state index contributed by atoms with van der Waals surface area (Å²) in [6, 6.07) is 4.35. The highest BCUT2D eigenvalue weighted by molar-refractivity contribution is 7.89. The number of ketones is 1. The van der Waals surface area contributed by atoms with Gasteiger partial charge in [-0.1, -0.05) is 12.1 Å². The Morgan fingerprint density at radius 2 is 1.74 bits per heavy atom. The molecule has 0 spiro atoms. The molecule has 1 atom stereocenters. The third-order valence-corrected chi connectivity index (χ3v) is 4.44. The number of sulfonamides is 1. The Hall–Kier alpha value is -2.26. The van der Waals surface area contributed by atoms with Gasteiger partial charge in [0.05, 0.1) is 4.90 Å². The number of carbonyl (C=O) groups excluding carboxylic acids is 2. The molecule has 0 aliphatic heterocycles. The summed E-state index contributed by atoms with van der Waals surface area (Å²) in [4.78, 5) is 33.1.